The van der Waals surface area contributed by atoms with Gasteiger partial charge in [0.2, 0.25) is 5.43 Å². The number of anilines is 1. The van der Waals surface area contributed by atoms with Crippen LogP contribution in [0.1, 0.15) is 16.8 Å². The van der Waals surface area contributed by atoms with Crippen LogP contribution >= 0.6 is 0 Å². The normalized spacial score (nSPS) is 16.0. The summed E-state index contributed by atoms with van der Waals surface area (Å²) in [6.07, 6.45) is 4.12. The fourth-order valence-corrected chi connectivity index (χ4v) is 6.07. The van der Waals surface area contributed by atoms with E-state index in [-0.39, 0.29) is 10.9 Å². The van der Waals surface area contributed by atoms with E-state index in [1.165, 1.54) is 6.07 Å². The molecule has 1 fully saturated rings. The van der Waals surface area contributed by atoms with Crippen molar-refractivity contribution in [3.63, 3.8) is 0 Å². The molecule has 9 nitrogen and oxygen atoms in total. The Bertz CT molecular complexity index is 1800. The number of carbonyl (C=O) groups is 1. The average Bonchev–Trinajstić information content (AvgIpc) is 3.55. The number of hydrogen-bond donors (Lipinski definition) is 1. The highest BCUT2D eigenvalue weighted by Crippen LogP contribution is 2.47. The summed E-state index contributed by atoms with van der Waals surface area (Å²) in [6.45, 7) is 5.65. The van der Waals surface area contributed by atoms with Crippen molar-refractivity contribution >= 4 is 28.8 Å². The maximum absolute atomic E-state index is 16.0. The van der Waals surface area contributed by atoms with Gasteiger partial charge in [-0.15, -0.1) is 0 Å². The van der Waals surface area contributed by atoms with Crippen LogP contribution in [0.5, 0.6) is 11.5 Å². The molecule has 1 saturated heterocycles. The molecule has 3 aromatic carbocycles. The fraction of sp³-hybridized carbons (Fsp3) is 0.303. The van der Waals surface area contributed by atoms with Crippen LogP contribution in [0.15, 0.2) is 70.6 Å². The van der Waals surface area contributed by atoms with Gasteiger partial charge in [-0.05, 0) is 42.8 Å². The van der Waals surface area contributed by atoms with E-state index in [2.05, 4.69) is 20.1 Å². The van der Waals surface area contributed by atoms with Crippen LogP contribution in [0.4, 0.5) is 10.1 Å². The van der Waals surface area contributed by atoms with Crippen molar-refractivity contribution in [2.45, 2.75) is 6.42 Å². The molecule has 220 valence electrons. The van der Waals surface area contributed by atoms with E-state index in [0.29, 0.717) is 54.4 Å². The van der Waals surface area contributed by atoms with Crippen molar-refractivity contribution in [2.24, 2.45) is 4.99 Å². The molecule has 1 amide bonds. The first-order valence-electron chi connectivity index (χ1n) is 14.7. The number of benzene rings is 3. The van der Waals surface area contributed by atoms with Crippen molar-refractivity contribution in [3.8, 4) is 28.3 Å². The lowest BCUT2D eigenvalue weighted by Crippen LogP contribution is -2.45. The second-order valence-corrected chi connectivity index (χ2v) is 11.3. The Morgan fingerprint density at radius 1 is 1.02 bits per heavy atom. The van der Waals surface area contributed by atoms with Crippen molar-refractivity contribution in [1.29, 1.82) is 0 Å². The summed E-state index contributed by atoms with van der Waals surface area (Å²) in [5, 5.41) is 3.01. The molecule has 0 spiro atoms. The SMILES string of the molecule is CN1CCN(c2c(F)cc3c(=O)c(C(=O)NCCCN4C=NCC4)cn4c3c2Oc2ccc(-c3ccccc3)cc2-4)CC1. The van der Waals surface area contributed by atoms with E-state index in [0.717, 1.165) is 43.9 Å². The first kappa shape index (κ1) is 27.2. The molecule has 0 aliphatic carbocycles. The van der Waals surface area contributed by atoms with Gasteiger partial charge in [0.25, 0.3) is 5.91 Å². The third-order valence-electron chi connectivity index (χ3n) is 8.44. The lowest BCUT2D eigenvalue weighted by Gasteiger charge is -2.36. The zero-order valence-corrected chi connectivity index (χ0v) is 24.1. The number of fused-ring (bicyclic) bond motifs is 2. The monoisotopic (exact) mass is 580 g/mol. The molecule has 1 N–H and O–H groups in total. The van der Waals surface area contributed by atoms with Crippen molar-refractivity contribution in [2.75, 3.05) is 64.3 Å². The summed E-state index contributed by atoms with van der Waals surface area (Å²) in [5.41, 5.74) is 2.90. The highest BCUT2D eigenvalue weighted by atomic mass is 19.1. The van der Waals surface area contributed by atoms with Crippen LogP contribution < -0.4 is 20.4 Å². The van der Waals surface area contributed by atoms with E-state index in [1.807, 2.05) is 71.4 Å². The minimum absolute atomic E-state index is 0.0362. The van der Waals surface area contributed by atoms with Crippen LogP contribution in [0, 0.1) is 5.82 Å². The maximum Gasteiger partial charge on any atom is 0.256 e. The van der Waals surface area contributed by atoms with Gasteiger partial charge in [0.05, 0.1) is 24.0 Å². The number of halogens is 1. The number of piperazine rings is 1. The predicted molar refractivity (Wildman–Crippen MR) is 167 cm³/mol. The van der Waals surface area contributed by atoms with E-state index in [1.54, 1.807) is 6.20 Å². The molecule has 0 bridgehead atoms. The number of nitrogens with one attached hydrogen (secondary N) is 1. The Hall–Kier alpha value is -4.70. The lowest BCUT2D eigenvalue weighted by molar-refractivity contribution is 0.0951. The van der Waals surface area contributed by atoms with Gasteiger partial charge < -0.3 is 29.3 Å². The molecule has 0 atom stereocenters. The third kappa shape index (κ3) is 5.01. The van der Waals surface area contributed by atoms with Gasteiger partial charge >= 0.3 is 0 Å². The number of nitrogens with zero attached hydrogens (tertiary/aromatic N) is 5. The van der Waals surface area contributed by atoms with E-state index >= 15 is 4.39 Å². The van der Waals surface area contributed by atoms with Crippen molar-refractivity contribution in [3.05, 3.63) is 82.4 Å². The number of hydrogen-bond acceptors (Lipinski definition) is 7. The molecule has 0 saturated carbocycles. The number of amides is 1. The number of pyridine rings is 1. The van der Waals surface area contributed by atoms with Gasteiger partial charge in [0.15, 0.2) is 17.3 Å². The Balaban J connectivity index is 1.33. The van der Waals surface area contributed by atoms with Crippen molar-refractivity contribution < 1.29 is 13.9 Å². The fourth-order valence-electron chi connectivity index (χ4n) is 6.07. The molecule has 4 heterocycles. The van der Waals surface area contributed by atoms with Gasteiger partial charge in [-0.1, -0.05) is 36.4 Å². The van der Waals surface area contributed by atoms with Gasteiger partial charge in [0.1, 0.15) is 16.8 Å². The van der Waals surface area contributed by atoms with Gasteiger partial charge in [-0.2, -0.15) is 0 Å². The van der Waals surface area contributed by atoms with Crippen LogP contribution in [-0.4, -0.2) is 86.0 Å². The summed E-state index contributed by atoms with van der Waals surface area (Å²) in [6, 6.07) is 17.0. The standard InChI is InChI=1S/C33H33FN6O3/c1-37-14-16-39(17-15-37)30-26(34)19-24-29-32(30)43-28-9-8-23(22-6-3-2-4-7-22)18-27(28)40(29)20-25(31(24)41)33(42)36-10-5-12-38-13-11-35-21-38/h2-4,6-9,18-21H,5,10-17H2,1H3,(H,36,42). The molecule has 4 aromatic rings. The zero-order valence-electron chi connectivity index (χ0n) is 24.1. The van der Waals surface area contributed by atoms with Crippen LogP contribution in [0.3, 0.4) is 0 Å². The van der Waals surface area contributed by atoms with Crippen LogP contribution in [0.2, 0.25) is 0 Å². The summed E-state index contributed by atoms with van der Waals surface area (Å²) >= 11 is 0. The minimum atomic E-state index is -0.537. The maximum atomic E-state index is 16.0. The number of likely N-dealkylation sites (N-methyl/N-ethyl adjacent to an activating group) is 1. The average molecular weight is 581 g/mol. The smallest absolute Gasteiger partial charge is 0.256 e. The second-order valence-electron chi connectivity index (χ2n) is 11.3. The molecular formula is C33H33FN6O3. The highest BCUT2D eigenvalue weighted by Gasteiger charge is 2.31. The third-order valence-corrected chi connectivity index (χ3v) is 8.44. The number of carbonyl (C=O) groups excluding carboxylic acids is 1. The van der Waals surface area contributed by atoms with E-state index in [4.69, 9.17) is 4.74 Å². The number of aliphatic imine (C=N–C) groups is 1. The largest absolute Gasteiger partial charge is 0.451 e. The molecule has 3 aliphatic rings. The first-order chi connectivity index (χ1) is 21.0. The summed E-state index contributed by atoms with van der Waals surface area (Å²) in [5.74, 6) is -0.194. The molecule has 3 aliphatic heterocycles. The quantitative estimate of drug-likeness (QED) is 0.292. The van der Waals surface area contributed by atoms with Crippen molar-refractivity contribution in [1.82, 2.24) is 19.7 Å². The summed E-state index contributed by atoms with van der Waals surface area (Å²) in [7, 11) is 2.04. The molecule has 10 heteroatoms. The zero-order chi connectivity index (χ0) is 29.5. The number of rotatable bonds is 7. The Labute approximate surface area is 248 Å². The molecule has 1 aromatic heterocycles. The summed E-state index contributed by atoms with van der Waals surface area (Å²) < 4.78 is 24.2. The minimum Gasteiger partial charge on any atom is -0.451 e. The molecule has 0 radical (unpaired) electrons. The van der Waals surface area contributed by atoms with Gasteiger partial charge in [0, 0.05) is 52.0 Å². The highest BCUT2D eigenvalue weighted by molar-refractivity contribution is 6.01. The van der Waals surface area contributed by atoms with Crippen LogP contribution in [-0.2, 0) is 0 Å². The second kappa shape index (κ2) is 11.2. The topological polar surface area (TPSA) is 82.4 Å². The van der Waals surface area contributed by atoms with Crippen LogP contribution in [0.25, 0.3) is 27.7 Å². The lowest BCUT2D eigenvalue weighted by atomic mass is 10.0. The van der Waals surface area contributed by atoms with Gasteiger partial charge in [-0.3, -0.25) is 14.6 Å². The number of aromatic nitrogens is 1. The molecule has 7 rings (SSSR count). The molecule has 43 heavy (non-hydrogen) atoms. The Morgan fingerprint density at radius 2 is 1.84 bits per heavy atom. The Kier molecular flexibility index (Phi) is 7.06. The van der Waals surface area contributed by atoms with Gasteiger partial charge in [-0.25, -0.2) is 4.39 Å². The predicted octanol–water partition coefficient (Wildman–Crippen LogP) is 4.12. The molecular weight excluding hydrogens is 547 g/mol. The first-order valence-corrected chi connectivity index (χ1v) is 14.7. The van der Waals surface area contributed by atoms with E-state index in [9.17, 15) is 9.59 Å². The van der Waals surface area contributed by atoms with E-state index < -0.39 is 17.2 Å². The molecule has 0 unspecified atom stereocenters. The number of ether oxygens (including phenoxy) is 1. The Morgan fingerprint density at radius 3 is 2.60 bits per heavy atom. The summed E-state index contributed by atoms with van der Waals surface area (Å²) in [4.78, 5) is 37.7.